The van der Waals surface area contributed by atoms with Crippen molar-refractivity contribution in [3.05, 3.63) is 41.5 Å². The number of fused-ring (bicyclic) bond motifs is 1. The van der Waals surface area contributed by atoms with Gasteiger partial charge in [0.15, 0.2) is 16.6 Å². The first kappa shape index (κ1) is 23.1. The summed E-state index contributed by atoms with van der Waals surface area (Å²) in [7, 11) is 4.61. The molecule has 0 bridgehead atoms. The Balaban J connectivity index is 1.29. The van der Waals surface area contributed by atoms with Gasteiger partial charge in [-0.1, -0.05) is 23.5 Å². The van der Waals surface area contributed by atoms with Crippen LogP contribution in [-0.4, -0.2) is 76.4 Å². The minimum absolute atomic E-state index is 0.169. The second-order valence-electron chi connectivity index (χ2n) is 7.92. The van der Waals surface area contributed by atoms with E-state index in [1.54, 1.807) is 23.5 Å². The predicted octanol–water partition coefficient (Wildman–Crippen LogP) is 3.18. The molecule has 0 saturated carbocycles. The van der Waals surface area contributed by atoms with Gasteiger partial charge in [-0.25, -0.2) is 4.98 Å². The van der Waals surface area contributed by atoms with Gasteiger partial charge in [-0.3, -0.25) is 9.69 Å². The molecule has 1 fully saturated rings. The van der Waals surface area contributed by atoms with E-state index in [1.165, 1.54) is 31.6 Å². The number of ether oxygens (including phenoxy) is 3. The molecule has 1 aromatic heterocycles. The first-order chi connectivity index (χ1) is 16.0. The van der Waals surface area contributed by atoms with Crippen LogP contribution in [0.1, 0.15) is 15.9 Å². The predicted molar refractivity (Wildman–Crippen MR) is 131 cm³/mol. The lowest BCUT2D eigenvalue weighted by Crippen LogP contribution is -2.48. The van der Waals surface area contributed by atoms with E-state index >= 15 is 0 Å². The molecule has 1 saturated heterocycles. The SMILES string of the molecule is COc1cc(C(=O)NCCN2CCN(c3nc4c(C)cccc4s3)CC2)cc(OC)c1OC. The summed E-state index contributed by atoms with van der Waals surface area (Å²) in [4.78, 5) is 22.3. The summed E-state index contributed by atoms with van der Waals surface area (Å²) in [6, 6.07) is 9.65. The zero-order valence-corrected chi connectivity index (χ0v) is 20.3. The van der Waals surface area contributed by atoms with Crippen molar-refractivity contribution in [2.24, 2.45) is 0 Å². The minimum Gasteiger partial charge on any atom is -0.493 e. The number of piperazine rings is 1. The number of hydrogen-bond donors (Lipinski definition) is 1. The maximum Gasteiger partial charge on any atom is 0.251 e. The van der Waals surface area contributed by atoms with Crippen LogP contribution in [0.5, 0.6) is 17.2 Å². The summed E-state index contributed by atoms with van der Waals surface area (Å²) in [5.41, 5.74) is 2.80. The molecule has 176 valence electrons. The highest BCUT2D eigenvalue weighted by atomic mass is 32.1. The molecule has 0 atom stereocenters. The molecule has 1 aliphatic rings. The van der Waals surface area contributed by atoms with E-state index in [2.05, 4.69) is 40.2 Å². The average molecular weight is 471 g/mol. The topological polar surface area (TPSA) is 76.2 Å². The van der Waals surface area contributed by atoms with Crippen molar-refractivity contribution in [3.63, 3.8) is 0 Å². The first-order valence-corrected chi connectivity index (χ1v) is 11.8. The average Bonchev–Trinajstić information content (AvgIpc) is 3.29. The normalized spacial score (nSPS) is 14.4. The molecule has 2 aromatic carbocycles. The number of rotatable bonds is 8. The summed E-state index contributed by atoms with van der Waals surface area (Å²) in [5, 5.41) is 4.09. The van der Waals surface area contributed by atoms with Gasteiger partial charge < -0.3 is 24.4 Å². The summed E-state index contributed by atoms with van der Waals surface area (Å²) in [6.07, 6.45) is 0. The van der Waals surface area contributed by atoms with Gasteiger partial charge in [0, 0.05) is 44.8 Å². The van der Waals surface area contributed by atoms with Crippen LogP contribution in [0, 0.1) is 6.92 Å². The summed E-state index contributed by atoms with van der Waals surface area (Å²) in [5.74, 6) is 1.22. The fourth-order valence-corrected chi connectivity index (χ4v) is 5.11. The largest absolute Gasteiger partial charge is 0.493 e. The molecule has 1 aliphatic heterocycles. The van der Waals surface area contributed by atoms with Gasteiger partial charge in [0.25, 0.3) is 5.91 Å². The number of amides is 1. The number of thiazole rings is 1. The van der Waals surface area contributed by atoms with Crippen LogP contribution in [0.3, 0.4) is 0 Å². The molecule has 33 heavy (non-hydrogen) atoms. The van der Waals surface area contributed by atoms with E-state index in [0.29, 0.717) is 29.4 Å². The van der Waals surface area contributed by atoms with Crippen molar-refractivity contribution in [2.75, 3.05) is 65.5 Å². The minimum atomic E-state index is -0.169. The molecule has 1 amide bonds. The summed E-state index contributed by atoms with van der Waals surface area (Å²) < 4.78 is 17.2. The lowest BCUT2D eigenvalue weighted by atomic mass is 10.1. The standard InChI is InChI=1S/C24H30N4O4S/c1-16-6-5-7-20-21(16)26-24(33-20)28-12-10-27(11-13-28)9-8-25-23(29)17-14-18(30-2)22(32-4)19(15-17)31-3/h5-7,14-15H,8-13H2,1-4H3,(H,25,29). The van der Waals surface area contributed by atoms with Crippen molar-refractivity contribution in [1.29, 1.82) is 0 Å². The highest BCUT2D eigenvalue weighted by molar-refractivity contribution is 7.22. The Kier molecular flexibility index (Phi) is 7.20. The fraction of sp³-hybridized carbons (Fsp3) is 0.417. The Morgan fingerprint density at radius 3 is 2.36 bits per heavy atom. The zero-order chi connectivity index (χ0) is 23.4. The van der Waals surface area contributed by atoms with E-state index in [0.717, 1.165) is 43.4 Å². The van der Waals surface area contributed by atoms with Gasteiger partial charge in [-0.05, 0) is 30.7 Å². The molecule has 0 unspecified atom stereocenters. The monoisotopic (exact) mass is 470 g/mol. The van der Waals surface area contributed by atoms with Gasteiger partial charge in [0.05, 0.1) is 31.5 Å². The number of carbonyl (C=O) groups is 1. The van der Waals surface area contributed by atoms with Crippen LogP contribution in [0.4, 0.5) is 5.13 Å². The van der Waals surface area contributed by atoms with Crippen LogP contribution in [0.2, 0.25) is 0 Å². The number of para-hydroxylation sites is 1. The van der Waals surface area contributed by atoms with Gasteiger partial charge in [-0.15, -0.1) is 0 Å². The Bertz CT molecular complexity index is 1100. The third-order valence-corrected chi connectivity index (χ3v) is 6.97. The van der Waals surface area contributed by atoms with Crippen LogP contribution in [-0.2, 0) is 0 Å². The molecule has 0 radical (unpaired) electrons. The molecule has 0 spiro atoms. The maximum atomic E-state index is 12.7. The molecule has 3 aromatic rings. The quantitative estimate of drug-likeness (QED) is 0.542. The van der Waals surface area contributed by atoms with E-state index in [-0.39, 0.29) is 5.91 Å². The number of nitrogens with zero attached hydrogens (tertiary/aromatic N) is 3. The summed E-state index contributed by atoms with van der Waals surface area (Å²) in [6.45, 7) is 7.21. The maximum absolute atomic E-state index is 12.7. The van der Waals surface area contributed by atoms with Crippen molar-refractivity contribution in [1.82, 2.24) is 15.2 Å². The highest BCUT2D eigenvalue weighted by Crippen LogP contribution is 2.38. The number of aromatic nitrogens is 1. The van der Waals surface area contributed by atoms with Crippen molar-refractivity contribution >= 4 is 32.6 Å². The number of methoxy groups -OCH3 is 3. The Morgan fingerprint density at radius 1 is 1.06 bits per heavy atom. The second kappa shape index (κ2) is 10.3. The molecule has 1 N–H and O–H groups in total. The van der Waals surface area contributed by atoms with E-state index in [9.17, 15) is 4.79 Å². The number of carbonyl (C=O) groups excluding carboxylic acids is 1. The second-order valence-corrected chi connectivity index (χ2v) is 8.93. The molecule has 8 nitrogen and oxygen atoms in total. The highest BCUT2D eigenvalue weighted by Gasteiger charge is 2.21. The number of anilines is 1. The van der Waals surface area contributed by atoms with Crippen molar-refractivity contribution in [2.45, 2.75) is 6.92 Å². The van der Waals surface area contributed by atoms with Gasteiger partial charge in [0.1, 0.15) is 0 Å². The van der Waals surface area contributed by atoms with E-state index in [4.69, 9.17) is 19.2 Å². The van der Waals surface area contributed by atoms with E-state index in [1.807, 2.05) is 0 Å². The van der Waals surface area contributed by atoms with Crippen LogP contribution >= 0.6 is 11.3 Å². The molecular weight excluding hydrogens is 440 g/mol. The zero-order valence-electron chi connectivity index (χ0n) is 19.5. The van der Waals surface area contributed by atoms with Crippen molar-refractivity contribution < 1.29 is 19.0 Å². The van der Waals surface area contributed by atoms with E-state index < -0.39 is 0 Å². The fourth-order valence-electron chi connectivity index (χ4n) is 4.01. The van der Waals surface area contributed by atoms with Crippen LogP contribution in [0.15, 0.2) is 30.3 Å². The molecular formula is C24H30N4O4S. The third-order valence-electron chi connectivity index (χ3n) is 5.89. The molecule has 2 heterocycles. The molecule has 9 heteroatoms. The Labute approximate surface area is 198 Å². The Hall–Kier alpha value is -3.04. The summed E-state index contributed by atoms with van der Waals surface area (Å²) >= 11 is 1.76. The van der Waals surface area contributed by atoms with Gasteiger partial charge >= 0.3 is 0 Å². The van der Waals surface area contributed by atoms with Gasteiger partial charge in [0.2, 0.25) is 5.75 Å². The Morgan fingerprint density at radius 2 is 1.76 bits per heavy atom. The number of hydrogen-bond acceptors (Lipinski definition) is 8. The number of aryl methyl sites for hydroxylation is 1. The number of benzene rings is 2. The van der Waals surface area contributed by atoms with Gasteiger partial charge in [-0.2, -0.15) is 0 Å². The van der Waals surface area contributed by atoms with Crippen molar-refractivity contribution in [3.8, 4) is 17.2 Å². The number of nitrogens with one attached hydrogen (secondary N) is 1. The lowest BCUT2D eigenvalue weighted by molar-refractivity contribution is 0.0947. The lowest BCUT2D eigenvalue weighted by Gasteiger charge is -2.34. The smallest absolute Gasteiger partial charge is 0.251 e. The molecule has 4 rings (SSSR count). The third kappa shape index (κ3) is 4.99. The van der Waals surface area contributed by atoms with Crippen LogP contribution in [0.25, 0.3) is 10.2 Å². The molecule has 0 aliphatic carbocycles. The first-order valence-electron chi connectivity index (χ1n) is 11.0. The van der Waals surface area contributed by atoms with Crippen LogP contribution < -0.4 is 24.4 Å².